The van der Waals surface area contributed by atoms with Crippen molar-refractivity contribution in [2.75, 3.05) is 13.2 Å². The molecular formula is C74H118O6. The molecule has 0 amide bonds. The zero-order valence-electron chi connectivity index (χ0n) is 51.5. The first kappa shape index (κ1) is 75.0. The van der Waals surface area contributed by atoms with Gasteiger partial charge in [0.25, 0.3) is 0 Å². The van der Waals surface area contributed by atoms with Gasteiger partial charge in [0.1, 0.15) is 13.2 Å². The third-order valence-electron chi connectivity index (χ3n) is 13.3. The molecule has 0 aromatic heterocycles. The van der Waals surface area contributed by atoms with Crippen molar-refractivity contribution >= 4 is 17.9 Å². The quantitative estimate of drug-likeness (QED) is 0.0261. The van der Waals surface area contributed by atoms with Gasteiger partial charge in [-0.15, -0.1) is 0 Å². The summed E-state index contributed by atoms with van der Waals surface area (Å²) in [6, 6.07) is 0. The lowest BCUT2D eigenvalue weighted by molar-refractivity contribution is -0.167. The van der Waals surface area contributed by atoms with Gasteiger partial charge in [0.05, 0.1) is 0 Å². The van der Waals surface area contributed by atoms with Crippen molar-refractivity contribution in [1.29, 1.82) is 0 Å². The second kappa shape index (κ2) is 66.5. The van der Waals surface area contributed by atoms with Crippen molar-refractivity contribution < 1.29 is 28.6 Å². The number of allylic oxidation sites excluding steroid dienone is 26. The lowest BCUT2D eigenvalue weighted by Crippen LogP contribution is -2.30. The van der Waals surface area contributed by atoms with Gasteiger partial charge in [-0.3, -0.25) is 14.4 Å². The molecule has 0 aliphatic rings. The zero-order chi connectivity index (χ0) is 57.8. The standard InChI is InChI=1S/C74H118O6/c1-4-7-10-13-16-19-22-24-26-28-30-32-34-35-36-37-38-39-41-42-44-46-48-50-52-55-58-61-64-67-73(76)79-70-71(69-78-72(75)66-63-60-57-54-21-18-15-12-9-6-3)80-74(77)68-65-62-59-56-53-51-49-47-45-43-40-33-31-29-27-25-23-20-17-14-11-8-5-2/h7-8,10-11,16-17,19-20,24-27,30-33,35-36,38-39,42-45,48,50,71H,4-6,9,12-15,18,21-23,28-29,34,37,40-41,46-47,49,51-70H2,1-3H3/b10-7-,11-8-,19-16-,20-17-,26-24-,27-25-,32-30-,33-31-,36-35-,39-38-,44-42-,45-43-,50-48-. The molecule has 0 spiro atoms. The minimum atomic E-state index is -0.802. The highest BCUT2D eigenvalue weighted by atomic mass is 16.6. The predicted molar refractivity (Wildman–Crippen MR) is 348 cm³/mol. The van der Waals surface area contributed by atoms with Crippen molar-refractivity contribution in [1.82, 2.24) is 0 Å². The van der Waals surface area contributed by atoms with Crippen LogP contribution in [0, 0.1) is 0 Å². The van der Waals surface area contributed by atoms with E-state index in [1.54, 1.807) is 0 Å². The molecule has 0 aromatic rings. The highest BCUT2D eigenvalue weighted by molar-refractivity contribution is 5.71. The van der Waals surface area contributed by atoms with Crippen LogP contribution in [0.4, 0.5) is 0 Å². The van der Waals surface area contributed by atoms with E-state index in [-0.39, 0.29) is 31.1 Å². The Labute approximate surface area is 492 Å². The first-order valence-corrected chi connectivity index (χ1v) is 32.5. The maximum Gasteiger partial charge on any atom is 0.306 e. The third kappa shape index (κ3) is 63.9. The number of rotatable bonds is 57. The zero-order valence-corrected chi connectivity index (χ0v) is 51.5. The van der Waals surface area contributed by atoms with E-state index in [9.17, 15) is 14.4 Å². The summed E-state index contributed by atoms with van der Waals surface area (Å²) in [5, 5.41) is 0. The van der Waals surface area contributed by atoms with Gasteiger partial charge >= 0.3 is 17.9 Å². The van der Waals surface area contributed by atoms with Crippen LogP contribution in [0.5, 0.6) is 0 Å². The Morgan fingerprint density at radius 1 is 0.263 bits per heavy atom. The SMILES string of the molecule is CC/C=C\C/C=C\C/C=C\C/C=C\C/C=C\C/C=C\C/C=C\C/C=C\CCCCCCC(=O)OCC(COC(=O)CCCCCCCCCCCC)OC(=O)CCCCCCCCC/C=C\C/C=C\C/C=C\C/C=C\C/C=C\CC. The molecule has 0 fully saturated rings. The van der Waals surface area contributed by atoms with E-state index in [1.165, 1.54) is 64.2 Å². The van der Waals surface area contributed by atoms with Crippen molar-refractivity contribution in [3.8, 4) is 0 Å². The fraction of sp³-hybridized carbons (Fsp3) is 0.608. The summed E-state index contributed by atoms with van der Waals surface area (Å²) in [7, 11) is 0. The fourth-order valence-corrected chi connectivity index (χ4v) is 8.48. The Kier molecular flexibility index (Phi) is 62.4. The van der Waals surface area contributed by atoms with Gasteiger partial charge in [0.2, 0.25) is 0 Å². The summed E-state index contributed by atoms with van der Waals surface area (Å²) < 4.78 is 16.9. The average Bonchev–Trinajstić information content (AvgIpc) is 3.46. The van der Waals surface area contributed by atoms with Crippen molar-refractivity contribution in [2.24, 2.45) is 0 Å². The van der Waals surface area contributed by atoms with Crippen LogP contribution < -0.4 is 0 Å². The Balaban J connectivity index is 4.37. The van der Waals surface area contributed by atoms with E-state index >= 15 is 0 Å². The lowest BCUT2D eigenvalue weighted by atomic mass is 10.1. The predicted octanol–water partition coefficient (Wildman–Crippen LogP) is 22.5. The number of carbonyl (C=O) groups is 3. The summed E-state index contributed by atoms with van der Waals surface area (Å²) >= 11 is 0. The van der Waals surface area contributed by atoms with Gasteiger partial charge in [0, 0.05) is 19.3 Å². The summed E-state index contributed by atoms with van der Waals surface area (Å²) in [5.74, 6) is -0.936. The van der Waals surface area contributed by atoms with Gasteiger partial charge in [-0.25, -0.2) is 0 Å². The number of unbranched alkanes of at least 4 members (excludes halogenated alkanes) is 20. The van der Waals surface area contributed by atoms with Crippen LogP contribution in [0.1, 0.15) is 271 Å². The van der Waals surface area contributed by atoms with Crippen LogP contribution >= 0.6 is 0 Å². The molecule has 0 aliphatic carbocycles. The molecule has 6 nitrogen and oxygen atoms in total. The summed E-state index contributed by atoms with van der Waals surface area (Å²) in [6.45, 7) is 6.37. The van der Waals surface area contributed by atoms with Gasteiger partial charge in [-0.1, -0.05) is 281 Å². The average molecular weight is 1100 g/mol. The van der Waals surface area contributed by atoms with E-state index in [0.717, 1.165) is 167 Å². The molecular weight excluding hydrogens is 985 g/mol. The van der Waals surface area contributed by atoms with Crippen LogP contribution in [0.3, 0.4) is 0 Å². The second-order valence-corrected chi connectivity index (χ2v) is 20.9. The van der Waals surface area contributed by atoms with Crippen LogP contribution in [-0.2, 0) is 28.6 Å². The Morgan fingerprint density at radius 2 is 0.487 bits per heavy atom. The molecule has 1 unspecified atom stereocenters. The first-order chi connectivity index (χ1) is 39.5. The molecule has 0 heterocycles. The smallest absolute Gasteiger partial charge is 0.306 e. The molecule has 0 bridgehead atoms. The maximum atomic E-state index is 12.9. The van der Waals surface area contributed by atoms with E-state index < -0.39 is 6.10 Å². The molecule has 0 saturated heterocycles. The molecule has 0 aliphatic heterocycles. The minimum Gasteiger partial charge on any atom is -0.462 e. The highest BCUT2D eigenvalue weighted by Crippen LogP contribution is 2.15. The van der Waals surface area contributed by atoms with Crippen molar-refractivity contribution in [3.63, 3.8) is 0 Å². The van der Waals surface area contributed by atoms with Crippen LogP contribution in [0.2, 0.25) is 0 Å². The molecule has 0 radical (unpaired) electrons. The topological polar surface area (TPSA) is 78.9 Å². The Morgan fingerprint density at radius 3 is 0.762 bits per heavy atom. The lowest BCUT2D eigenvalue weighted by Gasteiger charge is -2.18. The van der Waals surface area contributed by atoms with Crippen LogP contribution in [0.15, 0.2) is 158 Å². The highest BCUT2D eigenvalue weighted by Gasteiger charge is 2.19. The minimum absolute atomic E-state index is 0.0952. The van der Waals surface area contributed by atoms with E-state index in [1.807, 2.05) is 0 Å². The molecule has 6 heteroatoms. The Hall–Kier alpha value is -4.97. The summed E-state index contributed by atoms with van der Waals surface area (Å²) in [5.41, 5.74) is 0. The van der Waals surface area contributed by atoms with Crippen molar-refractivity contribution in [2.45, 2.75) is 277 Å². The van der Waals surface area contributed by atoms with Gasteiger partial charge in [0.15, 0.2) is 6.10 Å². The monoisotopic (exact) mass is 1100 g/mol. The van der Waals surface area contributed by atoms with Gasteiger partial charge in [-0.05, 0) is 128 Å². The van der Waals surface area contributed by atoms with E-state index in [4.69, 9.17) is 14.2 Å². The molecule has 80 heavy (non-hydrogen) atoms. The molecule has 0 N–H and O–H groups in total. The number of carbonyl (C=O) groups excluding carboxylic acids is 3. The molecule has 0 saturated carbocycles. The molecule has 450 valence electrons. The number of hydrogen-bond acceptors (Lipinski definition) is 6. The maximum absolute atomic E-state index is 12.9. The normalized spacial score (nSPS) is 13.2. The third-order valence-corrected chi connectivity index (χ3v) is 13.3. The van der Waals surface area contributed by atoms with Crippen molar-refractivity contribution in [3.05, 3.63) is 158 Å². The second-order valence-electron chi connectivity index (χ2n) is 20.9. The van der Waals surface area contributed by atoms with E-state index in [0.29, 0.717) is 19.3 Å². The number of esters is 3. The van der Waals surface area contributed by atoms with E-state index in [2.05, 4.69) is 179 Å². The molecule has 0 aromatic carbocycles. The van der Waals surface area contributed by atoms with Crippen LogP contribution in [0.25, 0.3) is 0 Å². The molecule has 0 rings (SSSR count). The van der Waals surface area contributed by atoms with Gasteiger partial charge < -0.3 is 14.2 Å². The summed E-state index contributed by atoms with van der Waals surface area (Å²) in [6.07, 6.45) is 96.8. The Bertz CT molecular complexity index is 1790. The summed E-state index contributed by atoms with van der Waals surface area (Å²) in [4.78, 5) is 38.3. The fourth-order valence-electron chi connectivity index (χ4n) is 8.48. The first-order valence-electron chi connectivity index (χ1n) is 32.5. The number of hydrogen-bond donors (Lipinski definition) is 0. The molecule has 1 atom stereocenters. The van der Waals surface area contributed by atoms with Crippen LogP contribution in [-0.4, -0.2) is 37.2 Å². The number of ether oxygens (including phenoxy) is 3. The largest absolute Gasteiger partial charge is 0.462 e. The van der Waals surface area contributed by atoms with Gasteiger partial charge in [-0.2, -0.15) is 0 Å².